The molecule has 0 aromatic rings. The Morgan fingerprint density at radius 1 is 1.09 bits per heavy atom. The molecule has 0 unspecified atom stereocenters. The third-order valence-corrected chi connectivity index (χ3v) is 8.48. The second-order valence-corrected chi connectivity index (χ2v) is 10.9. The number of carbonyl (C=O) groups excluding carboxylic acids is 4. The molecular weight excluding hydrogens is 410 g/mol. The third kappa shape index (κ3) is 3.41. The largest absolute Gasteiger partial charge is 0.449 e. The number of likely N-dealkylation sites (tertiary alicyclic amines) is 2. The van der Waals surface area contributed by atoms with Gasteiger partial charge in [0.1, 0.15) is 6.04 Å². The minimum absolute atomic E-state index is 0.0184. The first-order chi connectivity index (χ1) is 15.3. The van der Waals surface area contributed by atoms with Crippen LogP contribution in [0.4, 0.5) is 4.79 Å². The number of amides is 4. The first-order valence-corrected chi connectivity index (χ1v) is 12.4. The van der Waals surface area contributed by atoms with Gasteiger partial charge >= 0.3 is 6.09 Å². The highest BCUT2D eigenvalue weighted by Crippen LogP contribution is 2.56. The van der Waals surface area contributed by atoms with E-state index in [0.29, 0.717) is 25.5 Å². The van der Waals surface area contributed by atoms with E-state index in [2.05, 4.69) is 5.32 Å². The summed E-state index contributed by atoms with van der Waals surface area (Å²) in [5.74, 6) is 0.0361. The van der Waals surface area contributed by atoms with Crippen molar-refractivity contribution in [3.8, 4) is 0 Å². The summed E-state index contributed by atoms with van der Waals surface area (Å²) in [6.07, 6.45) is 7.55. The van der Waals surface area contributed by atoms with Gasteiger partial charge < -0.3 is 15.0 Å². The van der Waals surface area contributed by atoms with Crippen molar-refractivity contribution in [2.45, 2.75) is 89.8 Å². The molecule has 4 amide bonds. The highest BCUT2D eigenvalue weighted by atomic mass is 16.5. The highest BCUT2D eigenvalue weighted by molar-refractivity contribution is 6.04. The van der Waals surface area contributed by atoms with E-state index in [1.165, 1.54) is 11.3 Å². The molecule has 1 spiro atoms. The fraction of sp³-hybridized carbons (Fsp3) is 0.833. The molecule has 2 aliphatic heterocycles. The second-order valence-electron chi connectivity index (χ2n) is 10.9. The van der Waals surface area contributed by atoms with Crippen LogP contribution in [0.1, 0.15) is 71.6 Å². The van der Waals surface area contributed by atoms with Crippen LogP contribution in [0.25, 0.3) is 0 Å². The molecule has 5 fully saturated rings. The number of alkyl carbamates (subject to hydrolysis) is 1. The summed E-state index contributed by atoms with van der Waals surface area (Å²) in [7, 11) is 0. The molecule has 0 bridgehead atoms. The predicted octanol–water partition coefficient (Wildman–Crippen LogP) is 2.46. The molecule has 3 aliphatic carbocycles. The van der Waals surface area contributed by atoms with E-state index in [0.717, 1.165) is 44.9 Å². The number of imide groups is 1. The Morgan fingerprint density at radius 3 is 2.34 bits per heavy atom. The maximum absolute atomic E-state index is 13.7. The number of hydrogen-bond donors (Lipinski definition) is 1. The summed E-state index contributed by atoms with van der Waals surface area (Å²) >= 11 is 0. The molecule has 5 aliphatic rings. The number of hydrogen-bond acceptors (Lipinski definition) is 5. The molecule has 1 N–H and O–H groups in total. The lowest BCUT2D eigenvalue weighted by Crippen LogP contribution is -2.58. The van der Waals surface area contributed by atoms with Crippen LogP contribution in [0.5, 0.6) is 0 Å². The van der Waals surface area contributed by atoms with E-state index in [1.54, 1.807) is 4.90 Å². The van der Waals surface area contributed by atoms with Crippen molar-refractivity contribution in [1.29, 1.82) is 0 Å². The molecule has 3 saturated carbocycles. The lowest BCUT2D eigenvalue weighted by atomic mass is 9.64. The van der Waals surface area contributed by atoms with Crippen molar-refractivity contribution in [1.82, 2.24) is 15.1 Å². The highest BCUT2D eigenvalue weighted by Gasteiger charge is 2.68. The molecule has 5 rings (SSSR count). The molecule has 2 saturated heterocycles. The van der Waals surface area contributed by atoms with Crippen molar-refractivity contribution in [3.05, 3.63) is 0 Å². The van der Waals surface area contributed by atoms with E-state index in [9.17, 15) is 19.2 Å². The molecule has 8 heteroatoms. The predicted molar refractivity (Wildman–Crippen MR) is 115 cm³/mol. The second kappa shape index (κ2) is 8.03. The van der Waals surface area contributed by atoms with Crippen molar-refractivity contribution in [2.75, 3.05) is 13.2 Å². The van der Waals surface area contributed by atoms with E-state index in [-0.39, 0.29) is 41.6 Å². The molecule has 3 atom stereocenters. The summed E-state index contributed by atoms with van der Waals surface area (Å²) in [5.41, 5.74) is -0.617. The average Bonchev–Trinajstić information content (AvgIpc) is 3.39. The van der Waals surface area contributed by atoms with Crippen molar-refractivity contribution >= 4 is 23.8 Å². The fourth-order valence-electron chi connectivity index (χ4n) is 6.05. The van der Waals surface area contributed by atoms with E-state index < -0.39 is 17.6 Å². The summed E-state index contributed by atoms with van der Waals surface area (Å²) in [5, 5.41) is 2.80. The van der Waals surface area contributed by atoms with Gasteiger partial charge in [-0.1, -0.05) is 26.7 Å². The Morgan fingerprint density at radius 2 is 1.81 bits per heavy atom. The first-order valence-electron chi connectivity index (χ1n) is 12.4. The Bertz CT molecular complexity index is 814. The molecule has 8 nitrogen and oxygen atoms in total. The smallest absolute Gasteiger partial charge is 0.407 e. The van der Waals surface area contributed by atoms with Gasteiger partial charge in [0.15, 0.2) is 0 Å². The van der Waals surface area contributed by atoms with Crippen molar-refractivity contribution < 1.29 is 23.9 Å². The van der Waals surface area contributed by atoms with Gasteiger partial charge in [0.2, 0.25) is 17.7 Å². The van der Waals surface area contributed by atoms with Crippen LogP contribution >= 0.6 is 0 Å². The molecular formula is C24H35N3O5. The average molecular weight is 446 g/mol. The van der Waals surface area contributed by atoms with Crippen LogP contribution in [0.15, 0.2) is 0 Å². The van der Waals surface area contributed by atoms with Crippen LogP contribution in [-0.4, -0.2) is 64.9 Å². The van der Waals surface area contributed by atoms with Crippen molar-refractivity contribution in [3.63, 3.8) is 0 Å². The Labute approximate surface area is 189 Å². The first kappa shape index (κ1) is 21.7. The number of rotatable bonds is 6. The zero-order valence-corrected chi connectivity index (χ0v) is 19.2. The SMILES string of the molecule is CC(C)[C@H](NC(=O)OCC1CCC1)C(=O)N1CC[C@@H]2[C@H]1C1(CCC1)C(=O)N2C(=O)C1CC1. The molecule has 0 radical (unpaired) electrons. The number of nitrogens with zero attached hydrogens (tertiary/aromatic N) is 2. The van der Waals surface area contributed by atoms with Gasteiger partial charge in [-0.3, -0.25) is 19.3 Å². The lowest BCUT2D eigenvalue weighted by molar-refractivity contribution is -0.152. The van der Waals surface area contributed by atoms with E-state index >= 15 is 0 Å². The van der Waals surface area contributed by atoms with Crippen LogP contribution in [0.2, 0.25) is 0 Å². The minimum atomic E-state index is -0.706. The molecule has 32 heavy (non-hydrogen) atoms. The normalized spacial score (nSPS) is 29.5. The molecule has 0 aromatic heterocycles. The van der Waals surface area contributed by atoms with Gasteiger partial charge in [-0.2, -0.15) is 0 Å². The van der Waals surface area contributed by atoms with Gasteiger partial charge in [-0.25, -0.2) is 4.79 Å². The maximum atomic E-state index is 13.7. The van der Waals surface area contributed by atoms with Crippen LogP contribution in [0.3, 0.4) is 0 Å². The van der Waals surface area contributed by atoms with Crippen LogP contribution < -0.4 is 5.32 Å². The quantitative estimate of drug-likeness (QED) is 0.634. The van der Waals surface area contributed by atoms with Crippen molar-refractivity contribution in [2.24, 2.45) is 23.2 Å². The van der Waals surface area contributed by atoms with E-state index in [4.69, 9.17) is 4.74 Å². The van der Waals surface area contributed by atoms with Gasteiger partial charge in [0.05, 0.1) is 24.1 Å². The monoisotopic (exact) mass is 445 g/mol. The Balaban J connectivity index is 1.31. The van der Waals surface area contributed by atoms with Gasteiger partial charge in [-0.15, -0.1) is 0 Å². The number of fused-ring (bicyclic) bond motifs is 2. The van der Waals surface area contributed by atoms with Gasteiger partial charge in [0.25, 0.3) is 0 Å². The fourth-order valence-corrected chi connectivity index (χ4v) is 6.05. The van der Waals surface area contributed by atoms with Crippen LogP contribution in [-0.2, 0) is 19.1 Å². The third-order valence-electron chi connectivity index (χ3n) is 8.48. The summed E-state index contributed by atoms with van der Waals surface area (Å²) in [6.45, 7) is 4.73. The topological polar surface area (TPSA) is 96.0 Å². The Hall–Kier alpha value is -2.12. The molecule has 176 valence electrons. The number of ether oxygens (including phenoxy) is 1. The summed E-state index contributed by atoms with van der Waals surface area (Å²) in [4.78, 5) is 55.8. The van der Waals surface area contributed by atoms with Gasteiger partial charge in [-0.05, 0) is 56.8 Å². The molecule has 2 heterocycles. The summed E-state index contributed by atoms with van der Waals surface area (Å²) in [6, 6.07) is -1.20. The summed E-state index contributed by atoms with van der Waals surface area (Å²) < 4.78 is 5.37. The lowest BCUT2D eigenvalue weighted by Gasteiger charge is -2.44. The molecule has 0 aromatic carbocycles. The zero-order chi connectivity index (χ0) is 22.6. The van der Waals surface area contributed by atoms with Crippen LogP contribution in [0, 0.1) is 23.2 Å². The number of nitrogens with one attached hydrogen (secondary N) is 1. The van der Waals surface area contributed by atoms with Gasteiger partial charge in [0, 0.05) is 12.5 Å². The van der Waals surface area contributed by atoms with E-state index in [1.807, 2.05) is 13.8 Å². The number of carbonyl (C=O) groups is 4. The Kier molecular flexibility index (Phi) is 5.45. The maximum Gasteiger partial charge on any atom is 0.407 e. The minimum Gasteiger partial charge on any atom is -0.449 e. The standard InChI is InChI=1S/C24H35N3O5/c1-14(2)18(25-23(31)32-13-15-5-3-6-15)21(29)26-12-9-17-19(26)24(10-4-11-24)22(30)27(17)20(28)16-7-8-16/h14-19H,3-13H2,1-2H3,(H,25,31)/t17-,18+,19+/m1/s1. The zero-order valence-electron chi connectivity index (χ0n) is 19.2.